The van der Waals surface area contributed by atoms with Crippen LogP contribution in [0, 0.1) is 6.92 Å². The van der Waals surface area contributed by atoms with E-state index in [1.165, 1.54) is 0 Å². The number of hydrogen-bond acceptors (Lipinski definition) is 4. The third-order valence-corrected chi connectivity index (χ3v) is 3.45. The SMILES string of the molecule is Cc1cccnc1CNC(=O)c1ncsc1C(F)(F)F. The third-order valence-electron chi connectivity index (χ3n) is 2.57. The molecule has 0 unspecified atom stereocenters. The summed E-state index contributed by atoms with van der Waals surface area (Å²) >= 11 is 0.397. The number of hydrogen-bond donors (Lipinski definition) is 1. The zero-order chi connectivity index (χ0) is 14.8. The Morgan fingerprint density at radius 3 is 2.80 bits per heavy atom. The number of aryl methyl sites for hydroxylation is 1. The number of aromatic nitrogens is 2. The fourth-order valence-electron chi connectivity index (χ4n) is 1.56. The quantitative estimate of drug-likeness (QED) is 0.948. The van der Waals surface area contributed by atoms with Gasteiger partial charge in [0.15, 0.2) is 5.69 Å². The Balaban J connectivity index is 2.10. The number of halogens is 3. The van der Waals surface area contributed by atoms with Gasteiger partial charge in [0.25, 0.3) is 5.91 Å². The molecule has 0 aliphatic rings. The van der Waals surface area contributed by atoms with E-state index in [2.05, 4.69) is 15.3 Å². The summed E-state index contributed by atoms with van der Waals surface area (Å²) in [6.45, 7) is 1.86. The summed E-state index contributed by atoms with van der Waals surface area (Å²) in [4.78, 5) is 18.3. The highest BCUT2D eigenvalue weighted by atomic mass is 32.1. The lowest BCUT2D eigenvalue weighted by Gasteiger charge is -2.08. The molecule has 1 N–H and O–H groups in total. The van der Waals surface area contributed by atoms with E-state index in [4.69, 9.17) is 0 Å². The molecular weight excluding hydrogens is 291 g/mol. The molecule has 0 bridgehead atoms. The monoisotopic (exact) mass is 301 g/mol. The minimum absolute atomic E-state index is 0.0559. The van der Waals surface area contributed by atoms with E-state index < -0.39 is 22.7 Å². The topological polar surface area (TPSA) is 54.9 Å². The van der Waals surface area contributed by atoms with Gasteiger partial charge in [-0.1, -0.05) is 6.07 Å². The van der Waals surface area contributed by atoms with Crippen LogP contribution in [0.1, 0.15) is 26.6 Å². The minimum atomic E-state index is -4.57. The molecular formula is C12H10F3N3OS. The molecule has 0 fully saturated rings. The third kappa shape index (κ3) is 3.13. The molecule has 0 saturated heterocycles. The lowest BCUT2D eigenvalue weighted by atomic mass is 10.2. The van der Waals surface area contributed by atoms with E-state index in [0.29, 0.717) is 17.0 Å². The lowest BCUT2D eigenvalue weighted by molar-refractivity contribution is -0.134. The van der Waals surface area contributed by atoms with Crippen molar-refractivity contribution in [2.24, 2.45) is 0 Å². The maximum atomic E-state index is 12.6. The van der Waals surface area contributed by atoms with Crippen molar-refractivity contribution in [3.05, 3.63) is 45.7 Å². The van der Waals surface area contributed by atoms with Gasteiger partial charge in [0.2, 0.25) is 0 Å². The van der Waals surface area contributed by atoms with Gasteiger partial charge in [0.05, 0.1) is 17.7 Å². The average Bonchev–Trinajstić information content (AvgIpc) is 2.86. The largest absolute Gasteiger partial charge is 0.427 e. The molecule has 0 aliphatic carbocycles. The van der Waals surface area contributed by atoms with Crippen LogP contribution in [-0.2, 0) is 12.7 Å². The summed E-state index contributed by atoms with van der Waals surface area (Å²) in [7, 11) is 0. The molecule has 0 aromatic carbocycles. The average molecular weight is 301 g/mol. The zero-order valence-electron chi connectivity index (χ0n) is 10.4. The van der Waals surface area contributed by atoms with E-state index in [9.17, 15) is 18.0 Å². The Kier molecular flexibility index (Phi) is 4.03. The molecule has 1 amide bonds. The molecule has 2 heterocycles. The van der Waals surface area contributed by atoms with Crippen molar-refractivity contribution in [3.8, 4) is 0 Å². The van der Waals surface area contributed by atoms with Gasteiger partial charge in [-0.05, 0) is 18.6 Å². The summed E-state index contributed by atoms with van der Waals surface area (Å²) < 4.78 is 37.9. The molecule has 0 aliphatic heterocycles. The molecule has 2 aromatic heterocycles. The van der Waals surface area contributed by atoms with Crippen LogP contribution in [-0.4, -0.2) is 15.9 Å². The van der Waals surface area contributed by atoms with Crippen LogP contribution in [0.15, 0.2) is 23.8 Å². The van der Waals surface area contributed by atoms with Gasteiger partial charge in [-0.3, -0.25) is 9.78 Å². The fourth-order valence-corrected chi connectivity index (χ4v) is 2.21. The molecule has 2 rings (SSSR count). The molecule has 0 radical (unpaired) electrons. The van der Waals surface area contributed by atoms with Crippen LogP contribution < -0.4 is 5.32 Å². The number of alkyl halides is 3. The number of pyridine rings is 1. The van der Waals surface area contributed by atoms with Crippen molar-refractivity contribution in [2.75, 3.05) is 0 Å². The van der Waals surface area contributed by atoms with Crippen LogP contribution >= 0.6 is 11.3 Å². The Hall–Kier alpha value is -1.96. The van der Waals surface area contributed by atoms with E-state index in [1.807, 2.05) is 0 Å². The second-order valence-corrected chi connectivity index (χ2v) is 4.83. The van der Waals surface area contributed by atoms with Crippen LogP contribution in [0.4, 0.5) is 13.2 Å². The van der Waals surface area contributed by atoms with Crippen LogP contribution in [0.25, 0.3) is 0 Å². The first-order valence-corrected chi connectivity index (χ1v) is 6.47. The molecule has 20 heavy (non-hydrogen) atoms. The van der Waals surface area contributed by atoms with Crippen molar-refractivity contribution >= 4 is 17.2 Å². The Bertz CT molecular complexity index is 624. The van der Waals surface area contributed by atoms with Gasteiger partial charge < -0.3 is 5.32 Å². The highest BCUT2D eigenvalue weighted by Crippen LogP contribution is 2.34. The molecule has 0 saturated carbocycles. The Labute approximate surface area is 116 Å². The molecule has 8 heteroatoms. The lowest BCUT2D eigenvalue weighted by Crippen LogP contribution is -2.26. The van der Waals surface area contributed by atoms with Crippen LogP contribution in [0.5, 0.6) is 0 Å². The summed E-state index contributed by atoms with van der Waals surface area (Å²) in [5, 5.41) is 2.40. The van der Waals surface area contributed by atoms with Gasteiger partial charge in [-0.15, -0.1) is 11.3 Å². The predicted octanol–water partition coefficient (Wildman–Crippen LogP) is 2.80. The van der Waals surface area contributed by atoms with E-state index in [0.717, 1.165) is 11.1 Å². The maximum Gasteiger partial charge on any atom is 0.427 e. The molecule has 2 aromatic rings. The first-order chi connectivity index (χ1) is 9.39. The summed E-state index contributed by atoms with van der Waals surface area (Å²) in [6.07, 6.45) is -3.02. The summed E-state index contributed by atoms with van der Waals surface area (Å²) in [5.74, 6) is -0.858. The molecule has 0 atom stereocenters. The van der Waals surface area contributed by atoms with E-state index >= 15 is 0 Å². The number of rotatable bonds is 3. The summed E-state index contributed by atoms with van der Waals surface area (Å²) in [5.41, 5.74) is 1.85. The first kappa shape index (κ1) is 14.4. The second kappa shape index (κ2) is 5.58. The van der Waals surface area contributed by atoms with Crippen LogP contribution in [0.2, 0.25) is 0 Å². The number of amides is 1. The van der Waals surface area contributed by atoms with Crippen molar-refractivity contribution in [3.63, 3.8) is 0 Å². The smallest absolute Gasteiger partial charge is 0.345 e. The van der Waals surface area contributed by atoms with Crippen molar-refractivity contribution in [1.29, 1.82) is 0 Å². The maximum absolute atomic E-state index is 12.6. The zero-order valence-corrected chi connectivity index (χ0v) is 11.2. The number of nitrogens with one attached hydrogen (secondary N) is 1. The highest BCUT2D eigenvalue weighted by Gasteiger charge is 2.37. The van der Waals surface area contributed by atoms with Crippen molar-refractivity contribution in [1.82, 2.24) is 15.3 Å². The Morgan fingerprint density at radius 1 is 1.40 bits per heavy atom. The number of nitrogens with zero attached hydrogens (tertiary/aromatic N) is 2. The van der Waals surface area contributed by atoms with Gasteiger partial charge in [-0.2, -0.15) is 13.2 Å². The number of carbonyl (C=O) groups is 1. The van der Waals surface area contributed by atoms with Crippen LogP contribution in [0.3, 0.4) is 0 Å². The number of thiazole rings is 1. The summed E-state index contributed by atoms with van der Waals surface area (Å²) in [6, 6.07) is 3.54. The Morgan fingerprint density at radius 2 is 2.15 bits per heavy atom. The van der Waals surface area contributed by atoms with E-state index in [1.54, 1.807) is 25.3 Å². The molecule has 4 nitrogen and oxygen atoms in total. The van der Waals surface area contributed by atoms with E-state index in [-0.39, 0.29) is 6.54 Å². The van der Waals surface area contributed by atoms with Gasteiger partial charge in [-0.25, -0.2) is 4.98 Å². The minimum Gasteiger partial charge on any atom is -0.345 e. The molecule has 106 valence electrons. The second-order valence-electron chi connectivity index (χ2n) is 3.98. The van der Waals surface area contributed by atoms with Gasteiger partial charge >= 0.3 is 6.18 Å². The standard InChI is InChI=1S/C12H10F3N3OS/c1-7-3-2-4-16-8(7)5-17-11(19)9-10(12(13,14)15)20-6-18-9/h2-4,6H,5H2,1H3,(H,17,19). The number of carbonyl (C=O) groups excluding carboxylic acids is 1. The van der Waals surface area contributed by atoms with Gasteiger partial charge in [0, 0.05) is 6.20 Å². The first-order valence-electron chi connectivity index (χ1n) is 5.59. The highest BCUT2D eigenvalue weighted by molar-refractivity contribution is 7.10. The van der Waals surface area contributed by atoms with Gasteiger partial charge in [0.1, 0.15) is 4.88 Å². The fraction of sp³-hybridized carbons (Fsp3) is 0.250. The molecule has 0 spiro atoms. The van der Waals surface area contributed by atoms with Crippen molar-refractivity contribution in [2.45, 2.75) is 19.6 Å². The predicted molar refractivity (Wildman–Crippen MR) is 67.3 cm³/mol. The van der Waals surface area contributed by atoms with Crippen molar-refractivity contribution < 1.29 is 18.0 Å². The normalized spacial score (nSPS) is 11.4.